The lowest BCUT2D eigenvalue weighted by molar-refractivity contribution is -0.167. The minimum Gasteiger partial charge on any atom is -0.465 e. The Morgan fingerprint density at radius 1 is 0.821 bits per heavy atom. The minimum absolute atomic E-state index is 0.0663. The van der Waals surface area contributed by atoms with Crippen molar-refractivity contribution in [2.45, 2.75) is 117 Å². The van der Waals surface area contributed by atoms with E-state index in [1.807, 2.05) is 6.92 Å². The van der Waals surface area contributed by atoms with E-state index < -0.39 is 0 Å². The lowest BCUT2D eigenvalue weighted by Crippen LogP contribution is -2.37. The highest BCUT2D eigenvalue weighted by Crippen LogP contribution is 2.33. The van der Waals surface area contributed by atoms with Crippen LogP contribution in [0.25, 0.3) is 0 Å². The highest BCUT2D eigenvalue weighted by molar-refractivity contribution is 5.82. The molecule has 0 aromatic carbocycles. The van der Waals surface area contributed by atoms with Crippen molar-refractivity contribution >= 4 is 11.9 Å². The number of rotatable bonds is 14. The monoisotopic (exact) mass is 396 g/mol. The zero-order chi connectivity index (χ0) is 20.8. The maximum Gasteiger partial charge on any atom is 0.310 e. The van der Waals surface area contributed by atoms with Crippen LogP contribution in [0, 0.1) is 17.8 Å². The second-order valence-corrected chi connectivity index (χ2v) is 8.77. The smallest absolute Gasteiger partial charge is 0.310 e. The van der Waals surface area contributed by atoms with Crippen molar-refractivity contribution in [1.29, 1.82) is 0 Å². The summed E-state index contributed by atoms with van der Waals surface area (Å²) >= 11 is 0. The van der Waals surface area contributed by atoms with Crippen LogP contribution in [0.3, 0.4) is 0 Å². The van der Waals surface area contributed by atoms with Crippen molar-refractivity contribution in [3.8, 4) is 0 Å². The van der Waals surface area contributed by atoms with Crippen LogP contribution in [0.4, 0.5) is 0 Å². The standard InChI is InChI=1S/C24H44O4/c1-5-7-8-9-10-11-12-15-18-27-23(25)20-16-13-14-17-21(20)24(26)28-22(6-2)19(3)4/h19-22H,5-18H2,1-4H3. The molecule has 0 bridgehead atoms. The largest absolute Gasteiger partial charge is 0.465 e. The molecule has 0 heterocycles. The van der Waals surface area contributed by atoms with E-state index >= 15 is 0 Å². The van der Waals surface area contributed by atoms with E-state index in [2.05, 4.69) is 20.8 Å². The zero-order valence-corrected chi connectivity index (χ0v) is 18.8. The van der Waals surface area contributed by atoms with Crippen molar-refractivity contribution in [1.82, 2.24) is 0 Å². The van der Waals surface area contributed by atoms with E-state index in [1.165, 1.54) is 38.5 Å². The van der Waals surface area contributed by atoms with Crippen molar-refractivity contribution in [3.05, 3.63) is 0 Å². The van der Waals surface area contributed by atoms with Crippen LogP contribution in [-0.2, 0) is 19.1 Å². The number of hydrogen-bond donors (Lipinski definition) is 0. The van der Waals surface area contributed by atoms with Gasteiger partial charge in [0, 0.05) is 0 Å². The summed E-state index contributed by atoms with van der Waals surface area (Å²) in [6, 6.07) is 0. The fourth-order valence-electron chi connectivity index (χ4n) is 4.14. The van der Waals surface area contributed by atoms with Crippen molar-refractivity contribution < 1.29 is 19.1 Å². The Balaban J connectivity index is 2.33. The lowest BCUT2D eigenvalue weighted by Gasteiger charge is -2.30. The summed E-state index contributed by atoms with van der Waals surface area (Å²) in [7, 11) is 0. The molecular weight excluding hydrogens is 352 g/mol. The van der Waals surface area contributed by atoms with Crippen molar-refractivity contribution in [2.24, 2.45) is 17.8 Å². The lowest BCUT2D eigenvalue weighted by atomic mass is 9.79. The van der Waals surface area contributed by atoms with Crippen LogP contribution in [0.1, 0.15) is 111 Å². The molecule has 3 unspecified atom stereocenters. The Labute approximate surface area is 173 Å². The topological polar surface area (TPSA) is 52.6 Å². The van der Waals surface area contributed by atoms with Crippen LogP contribution >= 0.6 is 0 Å². The molecule has 28 heavy (non-hydrogen) atoms. The summed E-state index contributed by atoms with van der Waals surface area (Å²) in [5, 5.41) is 0. The Hall–Kier alpha value is -1.06. The van der Waals surface area contributed by atoms with Gasteiger partial charge in [0.25, 0.3) is 0 Å². The molecule has 0 aliphatic heterocycles. The first kappa shape index (κ1) is 25.0. The molecule has 1 saturated carbocycles. The van der Waals surface area contributed by atoms with Gasteiger partial charge in [-0.05, 0) is 31.6 Å². The SMILES string of the molecule is CCCCCCCCCCOC(=O)C1CCCCC1C(=O)OC(CC)C(C)C. The van der Waals surface area contributed by atoms with Crippen molar-refractivity contribution in [2.75, 3.05) is 6.61 Å². The molecule has 0 spiro atoms. The third-order valence-electron chi connectivity index (χ3n) is 6.03. The Kier molecular flexibility index (Phi) is 13.3. The van der Waals surface area contributed by atoms with E-state index in [9.17, 15) is 9.59 Å². The molecule has 1 aliphatic carbocycles. The van der Waals surface area contributed by atoms with Gasteiger partial charge in [-0.1, -0.05) is 85.5 Å². The fourth-order valence-corrected chi connectivity index (χ4v) is 4.14. The van der Waals surface area contributed by atoms with Crippen molar-refractivity contribution in [3.63, 3.8) is 0 Å². The highest BCUT2D eigenvalue weighted by atomic mass is 16.5. The number of unbranched alkanes of at least 4 members (excludes halogenated alkanes) is 7. The molecular formula is C24H44O4. The van der Waals surface area contributed by atoms with Gasteiger partial charge >= 0.3 is 11.9 Å². The van der Waals surface area contributed by atoms with Gasteiger partial charge in [0.15, 0.2) is 0 Å². The van der Waals surface area contributed by atoms with Gasteiger partial charge in [0.1, 0.15) is 6.10 Å². The number of carbonyl (C=O) groups excluding carboxylic acids is 2. The molecule has 0 N–H and O–H groups in total. The third-order valence-corrected chi connectivity index (χ3v) is 6.03. The molecule has 0 radical (unpaired) electrons. The van der Waals surface area contributed by atoms with E-state index in [0.29, 0.717) is 12.5 Å². The van der Waals surface area contributed by atoms with Gasteiger partial charge in [-0.25, -0.2) is 0 Å². The average molecular weight is 397 g/mol. The van der Waals surface area contributed by atoms with Gasteiger partial charge < -0.3 is 9.47 Å². The molecule has 0 amide bonds. The minimum atomic E-state index is -0.326. The summed E-state index contributed by atoms with van der Waals surface area (Å²) in [6.07, 6.45) is 14.0. The quantitative estimate of drug-likeness (QED) is 0.250. The van der Waals surface area contributed by atoms with Gasteiger partial charge in [-0.2, -0.15) is 0 Å². The molecule has 3 atom stereocenters. The van der Waals surface area contributed by atoms with E-state index in [1.54, 1.807) is 0 Å². The van der Waals surface area contributed by atoms with Gasteiger partial charge in [0.2, 0.25) is 0 Å². The molecule has 1 rings (SSSR count). The molecule has 0 aromatic heterocycles. The molecule has 4 heteroatoms. The Morgan fingerprint density at radius 3 is 1.89 bits per heavy atom. The Bertz CT molecular complexity index is 432. The predicted octanol–water partition coefficient (Wildman–Crippen LogP) is 6.45. The van der Waals surface area contributed by atoms with E-state index in [0.717, 1.165) is 44.9 Å². The van der Waals surface area contributed by atoms with Crippen LogP contribution in [0.5, 0.6) is 0 Å². The summed E-state index contributed by atoms with van der Waals surface area (Å²) in [5.41, 5.74) is 0. The highest BCUT2D eigenvalue weighted by Gasteiger charge is 2.38. The second-order valence-electron chi connectivity index (χ2n) is 8.77. The van der Waals surface area contributed by atoms with Crippen LogP contribution in [0.2, 0.25) is 0 Å². The van der Waals surface area contributed by atoms with Gasteiger partial charge in [0.05, 0.1) is 18.4 Å². The summed E-state index contributed by atoms with van der Waals surface area (Å²) in [6.45, 7) is 8.89. The van der Waals surface area contributed by atoms with E-state index in [4.69, 9.17) is 9.47 Å². The summed E-state index contributed by atoms with van der Waals surface area (Å²) < 4.78 is 11.3. The Morgan fingerprint density at radius 2 is 1.36 bits per heavy atom. The first-order valence-electron chi connectivity index (χ1n) is 11.9. The number of esters is 2. The van der Waals surface area contributed by atoms with Gasteiger partial charge in [-0.3, -0.25) is 9.59 Å². The average Bonchev–Trinajstić information content (AvgIpc) is 2.70. The third kappa shape index (κ3) is 9.43. The molecule has 1 fully saturated rings. The molecule has 1 aliphatic rings. The number of carbonyl (C=O) groups is 2. The maximum atomic E-state index is 12.7. The molecule has 0 aromatic rings. The summed E-state index contributed by atoms with van der Waals surface area (Å²) in [5.74, 6) is -0.742. The van der Waals surface area contributed by atoms with Crippen LogP contribution < -0.4 is 0 Å². The normalized spacial score (nSPS) is 20.8. The first-order valence-corrected chi connectivity index (χ1v) is 11.9. The summed E-state index contributed by atoms with van der Waals surface area (Å²) in [4.78, 5) is 25.3. The second kappa shape index (κ2) is 14.9. The number of hydrogen-bond acceptors (Lipinski definition) is 4. The van der Waals surface area contributed by atoms with E-state index in [-0.39, 0.29) is 29.9 Å². The molecule has 4 nitrogen and oxygen atoms in total. The van der Waals surface area contributed by atoms with Crippen LogP contribution in [-0.4, -0.2) is 24.6 Å². The number of ether oxygens (including phenoxy) is 2. The zero-order valence-electron chi connectivity index (χ0n) is 18.8. The maximum absolute atomic E-state index is 12.7. The first-order chi connectivity index (χ1) is 13.5. The van der Waals surface area contributed by atoms with Crippen LogP contribution in [0.15, 0.2) is 0 Å². The molecule has 164 valence electrons. The molecule has 0 saturated heterocycles. The predicted molar refractivity (Wildman–Crippen MR) is 114 cm³/mol. The van der Waals surface area contributed by atoms with Gasteiger partial charge in [-0.15, -0.1) is 0 Å². The fraction of sp³-hybridized carbons (Fsp3) is 0.917.